The van der Waals surface area contributed by atoms with Crippen LogP contribution in [-0.2, 0) is 24.0 Å². The van der Waals surface area contributed by atoms with Gasteiger partial charge in [0.1, 0.15) is 0 Å². The van der Waals surface area contributed by atoms with Gasteiger partial charge in [0.25, 0.3) is 0 Å². The van der Waals surface area contributed by atoms with E-state index in [1.165, 1.54) is 0 Å². The van der Waals surface area contributed by atoms with E-state index in [4.69, 9.17) is 13.1 Å². The van der Waals surface area contributed by atoms with Crippen LogP contribution in [0.4, 0.5) is 0 Å². The summed E-state index contributed by atoms with van der Waals surface area (Å²) in [5.41, 5.74) is -1.24. The molecule has 10 rings (SSSR count). The molecule has 1 amide bonds. The lowest BCUT2D eigenvalue weighted by Crippen LogP contribution is -2.66. The van der Waals surface area contributed by atoms with Crippen LogP contribution in [0.2, 0.25) is 0 Å². The van der Waals surface area contributed by atoms with Gasteiger partial charge in [-0.3, -0.25) is 14.4 Å². The summed E-state index contributed by atoms with van der Waals surface area (Å²) in [6, 6.07) is 2.74. The van der Waals surface area contributed by atoms with Crippen LogP contribution in [0, 0.1) is 125 Å². The fourth-order valence-corrected chi connectivity index (χ4v) is 20.1. The Morgan fingerprint density at radius 1 is 0.608 bits per heavy atom. The highest BCUT2D eigenvalue weighted by molar-refractivity contribution is 6.04. The molecule has 10 aliphatic carbocycles. The van der Waals surface area contributed by atoms with Crippen LogP contribution < -0.4 is 5.32 Å². The second-order valence-electron chi connectivity index (χ2n) is 29.7. The SMILES string of the molecule is C.[C-]#[N+]C1=C[C@]2(C)C3=CC(=O)[C@@H]4[C@@H]5CC(C)(C)CC[C@]5(C#N)CC[C@@]4(C)[C@]3(C)CC[C@H]2C(C)(C)C1=O.[C-]#[N+]C1=C[C@]2(C)C3=CC(=O)[C@@H]4[C@@H]5CC(C)(C)CC[C@]5(C(=O)NCC)CC[C@@]4(C)[C@]3(C)CC[C@H]2C(C)(C)C1=O. The van der Waals surface area contributed by atoms with Crippen molar-refractivity contribution in [2.24, 2.45) is 100 Å². The van der Waals surface area contributed by atoms with Crippen molar-refractivity contribution in [3.63, 3.8) is 0 Å². The molecule has 9 nitrogen and oxygen atoms in total. The first-order valence-electron chi connectivity index (χ1n) is 28.2. The summed E-state index contributed by atoms with van der Waals surface area (Å²) in [5.74, 6) is 0.212. The lowest BCUT2D eigenvalue weighted by Gasteiger charge is -2.69. The minimum Gasteiger partial charge on any atom is -0.356 e. The van der Waals surface area contributed by atoms with Gasteiger partial charge in [0, 0.05) is 40.0 Å². The highest BCUT2D eigenvalue weighted by Gasteiger charge is 2.72. The molecular weight excluding hydrogens is 917 g/mol. The molecule has 0 aliphatic heterocycles. The molecule has 0 bridgehead atoms. The number of hydrogen-bond donors (Lipinski definition) is 1. The smallest absolute Gasteiger partial charge is 0.226 e. The van der Waals surface area contributed by atoms with E-state index in [1.807, 2.05) is 58.9 Å². The van der Waals surface area contributed by atoms with Crippen molar-refractivity contribution in [2.75, 3.05) is 6.54 Å². The topological polar surface area (TPSA) is 130 Å². The normalized spacial score (nSPS) is 45.5. The van der Waals surface area contributed by atoms with E-state index in [0.717, 1.165) is 101 Å². The first kappa shape index (κ1) is 55.8. The molecule has 0 heterocycles. The Labute approximate surface area is 445 Å². The Bertz CT molecular complexity index is 2760. The minimum atomic E-state index is -0.653. The second kappa shape index (κ2) is 17.0. The van der Waals surface area contributed by atoms with Crippen molar-refractivity contribution in [2.45, 2.75) is 201 Å². The van der Waals surface area contributed by atoms with E-state index in [0.29, 0.717) is 6.54 Å². The highest BCUT2D eigenvalue weighted by Crippen LogP contribution is 2.77. The Kier molecular flexibility index (Phi) is 12.8. The van der Waals surface area contributed by atoms with Crippen LogP contribution in [0.1, 0.15) is 201 Å². The summed E-state index contributed by atoms with van der Waals surface area (Å²) in [6.45, 7) is 48.8. The van der Waals surface area contributed by atoms with Gasteiger partial charge in [-0.2, -0.15) is 5.26 Å². The fraction of sp³-hybridized carbons (Fsp3) is 0.754. The Morgan fingerprint density at radius 3 is 1.43 bits per heavy atom. The molecular formula is C65H90N4O5. The average molecular weight is 1010 g/mol. The Hall–Kier alpha value is -4.42. The predicted molar refractivity (Wildman–Crippen MR) is 291 cm³/mol. The number of rotatable bonds is 2. The molecule has 0 aromatic rings. The molecule has 14 atom stereocenters. The van der Waals surface area contributed by atoms with Gasteiger partial charge in [-0.1, -0.05) is 128 Å². The van der Waals surface area contributed by atoms with E-state index >= 15 is 0 Å². The molecule has 74 heavy (non-hydrogen) atoms. The Balaban J connectivity index is 0.000000195. The number of nitrogens with zero attached hydrogens (tertiary/aromatic N) is 3. The summed E-state index contributed by atoms with van der Waals surface area (Å²) >= 11 is 0. The zero-order chi connectivity index (χ0) is 53.9. The maximum Gasteiger partial charge on any atom is 0.226 e. The third-order valence-electron chi connectivity index (χ3n) is 24.7. The molecule has 10 aliphatic rings. The van der Waals surface area contributed by atoms with Gasteiger partial charge in [0.05, 0.1) is 30.0 Å². The number of amides is 1. The molecule has 9 heteroatoms. The molecule has 0 spiro atoms. The predicted octanol–water partition coefficient (Wildman–Crippen LogP) is 14.4. The summed E-state index contributed by atoms with van der Waals surface area (Å²) in [6.07, 6.45) is 20.3. The van der Waals surface area contributed by atoms with Crippen LogP contribution in [0.15, 0.2) is 46.8 Å². The van der Waals surface area contributed by atoms with Crippen molar-refractivity contribution in [1.29, 1.82) is 5.26 Å². The molecule has 6 saturated carbocycles. The maximum absolute atomic E-state index is 14.5. The monoisotopic (exact) mass is 1010 g/mol. The third kappa shape index (κ3) is 7.09. The van der Waals surface area contributed by atoms with Crippen LogP contribution in [-0.4, -0.2) is 35.6 Å². The standard InChI is InChI=1S/C33H46N2O3.C31H40N2O2.CH4/c1-10-35-27(38)33-15-13-28(2,3)18-20(33)25-22(36)17-24-30(6)19-21(34-9)26(37)29(4,5)23(30)11-12-31(24,7)32(25,8)14-16-33;1-26(2)11-13-31(18-32)14-12-30(7)24(19(31)16-26)21(34)15-23-28(5)17-20(33-8)25(35)27(3,4)22(28)9-10-29(23,30)6;/h17,19-20,23,25H,10-16,18H2,1-8H3,(H,35,38);15,17,19,22,24H,9-14,16H2,1-7H3;1H4/t20-,23-,25-,30-,31+,32+,33-;19-,22-,24-,28-,29+,30+,31+;/m00./s1. The van der Waals surface area contributed by atoms with E-state index in [1.54, 1.807) is 0 Å². The molecule has 0 unspecified atom stereocenters. The van der Waals surface area contributed by atoms with E-state index < -0.39 is 32.5 Å². The summed E-state index contributed by atoms with van der Waals surface area (Å²) in [7, 11) is 0. The van der Waals surface area contributed by atoms with E-state index in [-0.39, 0.29) is 116 Å². The fourth-order valence-electron chi connectivity index (χ4n) is 20.1. The van der Waals surface area contributed by atoms with Crippen molar-refractivity contribution >= 4 is 29.0 Å². The number of nitriles is 1. The second-order valence-corrected chi connectivity index (χ2v) is 29.7. The van der Waals surface area contributed by atoms with Gasteiger partial charge in [0.15, 0.2) is 23.1 Å². The lowest BCUT2D eigenvalue weighted by atomic mass is 9.34. The van der Waals surface area contributed by atoms with Gasteiger partial charge in [-0.05, 0) is 165 Å². The zero-order valence-corrected chi connectivity index (χ0v) is 47.3. The van der Waals surface area contributed by atoms with Gasteiger partial charge in [0.2, 0.25) is 17.3 Å². The maximum atomic E-state index is 14.5. The van der Waals surface area contributed by atoms with E-state index in [9.17, 15) is 29.2 Å². The number of Topliss-reactive ketones (excluding diaryl/α,β-unsaturated/α-hetero) is 2. The van der Waals surface area contributed by atoms with E-state index in [2.05, 4.69) is 90.3 Å². The highest BCUT2D eigenvalue weighted by atomic mass is 16.2. The molecule has 0 saturated heterocycles. The molecule has 0 aromatic heterocycles. The number of nitrogens with one attached hydrogen (secondary N) is 1. The summed E-state index contributed by atoms with van der Waals surface area (Å²) < 4.78 is 0. The summed E-state index contributed by atoms with van der Waals surface area (Å²) in [5, 5.41) is 13.5. The first-order chi connectivity index (χ1) is 33.7. The quantitative estimate of drug-likeness (QED) is 0.274. The number of carbonyl (C=O) groups excluding carboxylic acids is 5. The van der Waals surface area contributed by atoms with Crippen LogP contribution >= 0.6 is 0 Å². The number of hydrogen-bond acceptors (Lipinski definition) is 6. The van der Waals surface area contributed by atoms with Gasteiger partial charge < -0.3 is 14.9 Å². The van der Waals surface area contributed by atoms with Crippen molar-refractivity contribution in [3.05, 3.63) is 69.7 Å². The Morgan fingerprint density at radius 2 is 1.00 bits per heavy atom. The number of allylic oxidation sites excluding steroid dienone is 8. The summed E-state index contributed by atoms with van der Waals surface area (Å²) in [4.78, 5) is 76.1. The van der Waals surface area contributed by atoms with Crippen LogP contribution in [0.25, 0.3) is 9.69 Å². The van der Waals surface area contributed by atoms with Crippen molar-refractivity contribution < 1.29 is 24.0 Å². The minimum absolute atomic E-state index is 0. The molecule has 1 N–H and O–H groups in total. The lowest BCUT2D eigenvalue weighted by molar-refractivity contribution is -0.178. The number of carbonyl (C=O) groups is 5. The third-order valence-corrected chi connectivity index (χ3v) is 24.7. The molecule has 6 fully saturated rings. The molecule has 0 aromatic carbocycles. The first-order valence-corrected chi connectivity index (χ1v) is 28.2. The van der Waals surface area contributed by atoms with Gasteiger partial charge in [-0.15, -0.1) is 0 Å². The van der Waals surface area contributed by atoms with Gasteiger partial charge >= 0.3 is 0 Å². The van der Waals surface area contributed by atoms with Crippen molar-refractivity contribution in [1.82, 2.24) is 5.32 Å². The van der Waals surface area contributed by atoms with Crippen LogP contribution in [0.3, 0.4) is 0 Å². The zero-order valence-electron chi connectivity index (χ0n) is 47.3. The average Bonchev–Trinajstić information content (AvgIpc) is 3.30. The van der Waals surface area contributed by atoms with Crippen molar-refractivity contribution in [3.8, 4) is 6.07 Å². The largest absolute Gasteiger partial charge is 0.356 e. The van der Waals surface area contributed by atoms with Crippen LogP contribution in [0.5, 0.6) is 0 Å². The molecule has 0 radical (unpaired) electrons. The number of ketones is 4. The molecule has 400 valence electrons. The van der Waals surface area contributed by atoms with Gasteiger partial charge in [-0.25, -0.2) is 9.69 Å². The number of fused-ring (bicyclic) bond motifs is 14.